The van der Waals surface area contributed by atoms with Gasteiger partial charge < -0.3 is 14.5 Å². The smallest absolute Gasteiger partial charge is 0.246 e. The number of hydrazine groups is 1. The summed E-state index contributed by atoms with van der Waals surface area (Å²) in [5.41, 5.74) is 0. The quantitative estimate of drug-likeness (QED) is 0.616. The van der Waals surface area contributed by atoms with Crippen molar-refractivity contribution in [2.45, 2.75) is 19.3 Å². The van der Waals surface area contributed by atoms with E-state index in [9.17, 15) is 0 Å². The van der Waals surface area contributed by atoms with Gasteiger partial charge in [0.05, 0.1) is 13.2 Å². The summed E-state index contributed by atoms with van der Waals surface area (Å²) in [4.78, 5) is 18.0. The number of morpholine rings is 1. The summed E-state index contributed by atoms with van der Waals surface area (Å²) in [6.07, 6.45) is 3.65. The van der Waals surface area contributed by atoms with Gasteiger partial charge in [0.15, 0.2) is 0 Å². The van der Waals surface area contributed by atoms with Gasteiger partial charge in [-0.15, -0.1) is 0 Å². The zero-order chi connectivity index (χ0) is 14.7. The first kappa shape index (κ1) is 14.3. The fourth-order valence-electron chi connectivity index (χ4n) is 2.64. The number of nitrogens with zero attached hydrogens (tertiary/aromatic N) is 6. The molecule has 3 rings (SSSR count). The second-order valence-corrected chi connectivity index (χ2v) is 5.49. The summed E-state index contributed by atoms with van der Waals surface area (Å²) in [7, 11) is 1.75. The number of anilines is 3. The molecule has 2 aliphatic rings. The highest BCUT2D eigenvalue weighted by molar-refractivity contribution is 5.46. The Morgan fingerprint density at radius 1 is 0.905 bits per heavy atom. The van der Waals surface area contributed by atoms with Crippen LogP contribution in [0.4, 0.5) is 17.8 Å². The number of nitrogens with two attached hydrogens (primary N) is 1. The Hall–Kier alpha value is -1.67. The molecular formula is C13H23N7O. The third kappa shape index (κ3) is 3.33. The van der Waals surface area contributed by atoms with E-state index < -0.39 is 0 Å². The number of aromatic nitrogens is 3. The Morgan fingerprint density at radius 2 is 1.48 bits per heavy atom. The maximum Gasteiger partial charge on any atom is 0.246 e. The Kier molecular flexibility index (Phi) is 4.35. The van der Waals surface area contributed by atoms with Crippen LogP contribution in [-0.4, -0.2) is 61.4 Å². The Morgan fingerprint density at radius 3 is 2.05 bits per heavy atom. The van der Waals surface area contributed by atoms with E-state index in [1.165, 1.54) is 24.3 Å². The molecule has 0 aromatic carbocycles. The first-order valence-corrected chi connectivity index (χ1v) is 7.56. The van der Waals surface area contributed by atoms with Crippen molar-refractivity contribution in [1.82, 2.24) is 15.0 Å². The molecule has 8 nitrogen and oxygen atoms in total. The maximum atomic E-state index is 5.83. The molecule has 2 aliphatic heterocycles. The van der Waals surface area contributed by atoms with Crippen molar-refractivity contribution in [3.63, 3.8) is 0 Å². The summed E-state index contributed by atoms with van der Waals surface area (Å²) >= 11 is 0. The van der Waals surface area contributed by atoms with Crippen LogP contribution in [0.2, 0.25) is 0 Å². The molecule has 8 heteroatoms. The predicted octanol–water partition coefficient (Wildman–Crippen LogP) is 0.00840. The average Bonchev–Trinajstić information content (AvgIpc) is 2.56. The second-order valence-electron chi connectivity index (χ2n) is 5.49. The van der Waals surface area contributed by atoms with Gasteiger partial charge in [0.25, 0.3) is 0 Å². The average molecular weight is 293 g/mol. The van der Waals surface area contributed by atoms with E-state index in [0.717, 1.165) is 32.1 Å². The number of hydrogen-bond donors (Lipinski definition) is 1. The van der Waals surface area contributed by atoms with Crippen LogP contribution in [0, 0.1) is 0 Å². The van der Waals surface area contributed by atoms with E-state index in [0.29, 0.717) is 25.1 Å². The van der Waals surface area contributed by atoms with Crippen molar-refractivity contribution in [3.05, 3.63) is 0 Å². The van der Waals surface area contributed by atoms with E-state index in [4.69, 9.17) is 10.6 Å². The van der Waals surface area contributed by atoms with Crippen LogP contribution in [0.3, 0.4) is 0 Å². The van der Waals surface area contributed by atoms with Gasteiger partial charge in [0.2, 0.25) is 17.8 Å². The fraction of sp³-hybridized carbons (Fsp3) is 0.769. The van der Waals surface area contributed by atoms with Gasteiger partial charge in [0, 0.05) is 33.2 Å². The first-order valence-electron chi connectivity index (χ1n) is 7.56. The lowest BCUT2D eigenvalue weighted by molar-refractivity contribution is 0.122. The summed E-state index contributed by atoms with van der Waals surface area (Å²) < 4.78 is 5.39. The van der Waals surface area contributed by atoms with Crippen LogP contribution in [0.15, 0.2) is 0 Å². The molecule has 0 spiro atoms. The summed E-state index contributed by atoms with van der Waals surface area (Å²) in [6, 6.07) is 0. The van der Waals surface area contributed by atoms with Crippen LogP contribution in [-0.2, 0) is 4.74 Å². The Balaban J connectivity index is 1.89. The van der Waals surface area contributed by atoms with Gasteiger partial charge in [-0.25, -0.2) is 5.84 Å². The molecular weight excluding hydrogens is 270 g/mol. The summed E-state index contributed by atoms with van der Waals surface area (Å²) in [5.74, 6) is 7.77. The van der Waals surface area contributed by atoms with Gasteiger partial charge in [-0.05, 0) is 19.3 Å². The van der Waals surface area contributed by atoms with E-state index in [-0.39, 0.29) is 0 Å². The van der Waals surface area contributed by atoms with Crippen molar-refractivity contribution in [3.8, 4) is 0 Å². The van der Waals surface area contributed by atoms with E-state index in [1.54, 1.807) is 7.05 Å². The van der Waals surface area contributed by atoms with Crippen molar-refractivity contribution in [1.29, 1.82) is 0 Å². The van der Waals surface area contributed by atoms with E-state index >= 15 is 0 Å². The SMILES string of the molecule is CN(N)c1nc(N2CCCCC2)nc(N2CCOCC2)n1. The number of hydrogen-bond acceptors (Lipinski definition) is 8. The minimum Gasteiger partial charge on any atom is -0.378 e. The molecule has 2 N–H and O–H groups in total. The van der Waals surface area contributed by atoms with Crippen LogP contribution in [0.25, 0.3) is 0 Å². The highest BCUT2D eigenvalue weighted by Crippen LogP contribution is 2.21. The van der Waals surface area contributed by atoms with E-state index in [1.807, 2.05) is 0 Å². The lowest BCUT2D eigenvalue weighted by atomic mass is 10.1. The molecule has 21 heavy (non-hydrogen) atoms. The van der Waals surface area contributed by atoms with Gasteiger partial charge >= 0.3 is 0 Å². The molecule has 1 aromatic heterocycles. The standard InChI is InChI=1S/C13H23N7O/c1-18(14)11-15-12(19-5-3-2-4-6-19)17-13(16-11)20-7-9-21-10-8-20/h2-10,14H2,1H3. The molecule has 0 atom stereocenters. The zero-order valence-corrected chi connectivity index (χ0v) is 12.5. The number of rotatable bonds is 3. The number of ether oxygens (including phenoxy) is 1. The molecule has 3 heterocycles. The lowest BCUT2D eigenvalue weighted by Gasteiger charge is -2.30. The largest absolute Gasteiger partial charge is 0.378 e. The maximum absolute atomic E-state index is 5.83. The molecule has 0 unspecified atom stereocenters. The molecule has 0 amide bonds. The molecule has 2 saturated heterocycles. The van der Waals surface area contributed by atoms with Gasteiger partial charge in [-0.3, -0.25) is 5.01 Å². The van der Waals surface area contributed by atoms with Gasteiger partial charge in [-0.1, -0.05) is 0 Å². The number of piperidine rings is 1. The van der Waals surface area contributed by atoms with Crippen LogP contribution in [0.1, 0.15) is 19.3 Å². The van der Waals surface area contributed by atoms with Crippen molar-refractivity contribution >= 4 is 17.8 Å². The molecule has 0 bridgehead atoms. The highest BCUT2D eigenvalue weighted by atomic mass is 16.5. The normalized spacial score (nSPS) is 19.7. The van der Waals surface area contributed by atoms with Crippen LogP contribution < -0.4 is 20.7 Å². The Labute approximate surface area is 124 Å². The minimum atomic E-state index is 0.507. The molecule has 1 aromatic rings. The molecule has 116 valence electrons. The Bertz CT molecular complexity index is 433. The lowest BCUT2D eigenvalue weighted by Crippen LogP contribution is -2.39. The van der Waals surface area contributed by atoms with Crippen LogP contribution >= 0.6 is 0 Å². The van der Waals surface area contributed by atoms with E-state index in [2.05, 4.69) is 24.8 Å². The van der Waals surface area contributed by atoms with Crippen molar-refractivity contribution in [2.75, 3.05) is 61.2 Å². The highest BCUT2D eigenvalue weighted by Gasteiger charge is 2.20. The van der Waals surface area contributed by atoms with Gasteiger partial charge in [-0.2, -0.15) is 15.0 Å². The fourth-order valence-corrected chi connectivity index (χ4v) is 2.64. The third-order valence-corrected chi connectivity index (χ3v) is 3.85. The molecule has 0 aliphatic carbocycles. The van der Waals surface area contributed by atoms with Crippen LogP contribution in [0.5, 0.6) is 0 Å². The third-order valence-electron chi connectivity index (χ3n) is 3.85. The van der Waals surface area contributed by atoms with Crippen molar-refractivity contribution in [2.24, 2.45) is 5.84 Å². The second kappa shape index (κ2) is 6.40. The zero-order valence-electron chi connectivity index (χ0n) is 12.5. The monoisotopic (exact) mass is 293 g/mol. The van der Waals surface area contributed by atoms with Gasteiger partial charge in [0.1, 0.15) is 0 Å². The van der Waals surface area contributed by atoms with Crippen molar-refractivity contribution < 1.29 is 4.74 Å². The summed E-state index contributed by atoms with van der Waals surface area (Å²) in [5, 5.41) is 1.44. The molecule has 0 radical (unpaired) electrons. The molecule has 2 fully saturated rings. The summed E-state index contributed by atoms with van der Waals surface area (Å²) in [6.45, 7) is 5.02. The first-order chi connectivity index (χ1) is 10.2. The predicted molar refractivity (Wildman–Crippen MR) is 81.5 cm³/mol. The minimum absolute atomic E-state index is 0.507. The molecule has 0 saturated carbocycles. The topological polar surface area (TPSA) is 83.6 Å².